The lowest BCUT2D eigenvalue weighted by atomic mass is 9.88. The van der Waals surface area contributed by atoms with Crippen LogP contribution < -0.4 is 10.6 Å². The standard InChI is InChI=1S/C25H27N3O4/c26-12-21(28-24(29)23-13-27-8-1-9-31-23)10-17-2-4-18(5-3-17)19-6-7-20-14-32-25(15-30-16-25)22(20)11-19/h2-7,11,21,23,27H,1,8-10,13-16H2,(H,28,29)/t21-,23-/m0/s1. The van der Waals surface area contributed by atoms with Crippen LogP contribution in [0.1, 0.15) is 23.1 Å². The number of nitrogens with zero attached hydrogens (tertiary/aromatic N) is 1. The number of nitriles is 1. The number of hydrogen-bond acceptors (Lipinski definition) is 6. The van der Waals surface area contributed by atoms with Crippen LogP contribution in [0.3, 0.4) is 0 Å². The number of hydrogen-bond donors (Lipinski definition) is 2. The maximum Gasteiger partial charge on any atom is 0.251 e. The monoisotopic (exact) mass is 433 g/mol. The van der Waals surface area contributed by atoms with Gasteiger partial charge in [-0.3, -0.25) is 4.79 Å². The van der Waals surface area contributed by atoms with E-state index in [1.54, 1.807) is 0 Å². The minimum absolute atomic E-state index is 0.239. The highest BCUT2D eigenvalue weighted by atomic mass is 16.6. The summed E-state index contributed by atoms with van der Waals surface area (Å²) in [5.41, 5.74) is 5.43. The molecular formula is C25H27N3O4. The molecule has 0 aromatic heterocycles. The van der Waals surface area contributed by atoms with E-state index in [2.05, 4.69) is 47.0 Å². The lowest BCUT2D eigenvalue weighted by Gasteiger charge is -2.37. The molecule has 2 fully saturated rings. The lowest BCUT2D eigenvalue weighted by Crippen LogP contribution is -2.46. The molecule has 0 aliphatic carbocycles. The summed E-state index contributed by atoms with van der Waals surface area (Å²) in [6, 6.07) is 16.2. The molecular weight excluding hydrogens is 406 g/mol. The summed E-state index contributed by atoms with van der Waals surface area (Å²) in [7, 11) is 0. The van der Waals surface area contributed by atoms with Gasteiger partial charge in [-0.25, -0.2) is 0 Å². The molecule has 0 radical (unpaired) electrons. The Kier molecular flexibility index (Phi) is 5.94. The van der Waals surface area contributed by atoms with Gasteiger partial charge in [0.05, 0.1) is 25.9 Å². The number of carbonyl (C=O) groups excluding carboxylic acids is 1. The van der Waals surface area contributed by atoms with E-state index in [0.717, 1.165) is 29.7 Å². The zero-order valence-electron chi connectivity index (χ0n) is 17.9. The van der Waals surface area contributed by atoms with Crippen molar-refractivity contribution in [2.45, 2.75) is 37.2 Å². The molecule has 7 heteroatoms. The predicted octanol–water partition coefficient (Wildman–Crippen LogP) is 2.04. The van der Waals surface area contributed by atoms with E-state index < -0.39 is 12.1 Å². The predicted molar refractivity (Wildman–Crippen MR) is 118 cm³/mol. The normalized spacial score (nSPS) is 22.3. The fourth-order valence-corrected chi connectivity index (χ4v) is 4.47. The molecule has 0 saturated carbocycles. The maximum absolute atomic E-state index is 12.5. The van der Waals surface area contributed by atoms with E-state index in [9.17, 15) is 10.1 Å². The molecule has 1 spiro atoms. The fourth-order valence-electron chi connectivity index (χ4n) is 4.47. The molecule has 2 saturated heterocycles. The van der Waals surface area contributed by atoms with Crippen molar-refractivity contribution >= 4 is 5.91 Å². The van der Waals surface area contributed by atoms with Gasteiger partial charge in [-0.15, -0.1) is 0 Å². The first-order valence-corrected chi connectivity index (χ1v) is 11.1. The van der Waals surface area contributed by atoms with Crippen LogP contribution in [0.15, 0.2) is 42.5 Å². The van der Waals surface area contributed by atoms with Crippen LogP contribution in [0.25, 0.3) is 11.1 Å². The third kappa shape index (κ3) is 4.15. The van der Waals surface area contributed by atoms with Gasteiger partial charge in [0.15, 0.2) is 0 Å². The van der Waals surface area contributed by atoms with Crippen molar-refractivity contribution in [1.82, 2.24) is 10.6 Å². The minimum atomic E-state index is -0.601. The van der Waals surface area contributed by atoms with Crippen LogP contribution in [0.2, 0.25) is 0 Å². The van der Waals surface area contributed by atoms with Gasteiger partial charge in [-0.1, -0.05) is 36.4 Å². The van der Waals surface area contributed by atoms with Crippen molar-refractivity contribution in [2.24, 2.45) is 0 Å². The largest absolute Gasteiger partial charge is 0.375 e. The topological polar surface area (TPSA) is 92.6 Å². The summed E-state index contributed by atoms with van der Waals surface area (Å²) >= 11 is 0. The number of rotatable bonds is 5. The fraction of sp³-hybridized carbons (Fsp3) is 0.440. The molecule has 2 aromatic rings. The van der Waals surface area contributed by atoms with Crippen LogP contribution in [-0.2, 0) is 37.6 Å². The zero-order valence-corrected chi connectivity index (χ0v) is 17.9. The molecule has 3 aliphatic heterocycles. The summed E-state index contributed by atoms with van der Waals surface area (Å²) < 4.78 is 17.0. The van der Waals surface area contributed by atoms with Gasteiger partial charge in [0.1, 0.15) is 17.7 Å². The van der Waals surface area contributed by atoms with E-state index >= 15 is 0 Å². The average Bonchev–Trinajstić information content (AvgIpc) is 2.98. The van der Waals surface area contributed by atoms with Gasteiger partial charge in [0.2, 0.25) is 0 Å². The van der Waals surface area contributed by atoms with Crippen LogP contribution in [0.4, 0.5) is 0 Å². The van der Waals surface area contributed by atoms with Gasteiger partial charge < -0.3 is 24.8 Å². The summed E-state index contributed by atoms with van der Waals surface area (Å²) in [4.78, 5) is 12.5. The molecule has 5 rings (SSSR count). The molecule has 0 unspecified atom stereocenters. The second-order valence-electron chi connectivity index (χ2n) is 8.66. The van der Waals surface area contributed by atoms with E-state index in [4.69, 9.17) is 14.2 Å². The van der Waals surface area contributed by atoms with Crippen molar-refractivity contribution < 1.29 is 19.0 Å². The van der Waals surface area contributed by atoms with Crippen molar-refractivity contribution in [1.29, 1.82) is 5.26 Å². The van der Waals surface area contributed by atoms with Crippen LogP contribution >= 0.6 is 0 Å². The molecule has 3 aliphatic rings. The Morgan fingerprint density at radius 3 is 2.78 bits per heavy atom. The summed E-state index contributed by atoms with van der Waals surface area (Å²) in [6.07, 6.45) is 0.772. The molecule has 3 heterocycles. The Labute approximate surface area is 187 Å². The molecule has 166 valence electrons. The zero-order chi connectivity index (χ0) is 22.0. The van der Waals surface area contributed by atoms with Crippen molar-refractivity contribution in [3.05, 3.63) is 59.2 Å². The summed E-state index contributed by atoms with van der Waals surface area (Å²) in [5.74, 6) is -0.239. The van der Waals surface area contributed by atoms with E-state index in [1.165, 1.54) is 11.1 Å². The van der Waals surface area contributed by atoms with Gasteiger partial charge in [-0.2, -0.15) is 5.26 Å². The van der Waals surface area contributed by atoms with Crippen molar-refractivity contribution in [3.63, 3.8) is 0 Å². The van der Waals surface area contributed by atoms with E-state index in [1.807, 2.05) is 12.1 Å². The highest BCUT2D eigenvalue weighted by Gasteiger charge is 2.46. The highest BCUT2D eigenvalue weighted by molar-refractivity contribution is 5.81. The highest BCUT2D eigenvalue weighted by Crippen LogP contribution is 2.43. The Hall–Kier alpha value is -2.76. The van der Waals surface area contributed by atoms with Gasteiger partial charge >= 0.3 is 0 Å². The van der Waals surface area contributed by atoms with E-state index in [-0.39, 0.29) is 11.5 Å². The number of nitrogens with one attached hydrogen (secondary N) is 2. The number of amides is 1. The number of benzene rings is 2. The van der Waals surface area contributed by atoms with Gasteiger partial charge in [0.25, 0.3) is 5.91 Å². The molecule has 32 heavy (non-hydrogen) atoms. The third-order valence-electron chi connectivity index (χ3n) is 6.41. The molecule has 2 aromatic carbocycles. The van der Waals surface area contributed by atoms with Crippen LogP contribution in [-0.4, -0.2) is 51.0 Å². The summed E-state index contributed by atoms with van der Waals surface area (Å²) in [5, 5.41) is 15.6. The Morgan fingerprint density at radius 1 is 1.22 bits per heavy atom. The first-order chi connectivity index (χ1) is 15.7. The number of fused-ring (bicyclic) bond motifs is 2. The first kappa shape index (κ1) is 21.1. The smallest absolute Gasteiger partial charge is 0.251 e. The Morgan fingerprint density at radius 2 is 2.03 bits per heavy atom. The quantitative estimate of drug-likeness (QED) is 0.750. The Balaban J connectivity index is 1.24. The van der Waals surface area contributed by atoms with Crippen LogP contribution in [0.5, 0.6) is 0 Å². The van der Waals surface area contributed by atoms with E-state index in [0.29, 0.717) is 39.4 Å². The first-order valence-electron chi connectivity index (χ1n) is 11.1. The van der Waals surface area contributed by atoms with Crippen molar-refractivity contribution in [3.8, 4) is 17.2 Å². The number of carbonyl (C=O) groups is 1. The maximum atomic E-state index is 12.5. The van der Waals surface area contributed by atoms with Gasteiger partial charge in [0, 0.05) is 19.6 Å². The second kappa shape index (κ2) is 9.00. The molecule has 2 N–H and O–H groups in total. The third-order valence-corrected chi connectivity index (χ3v) is 6.41. The molecule has 1 amide bonds. The van der Waals surface area contributed by atoms with Gasteiger partial charge in [-0.05, 0) is 46.8 Å². The molecule has 7 nitrogen and oxygen atoms in total. The Bertz CT molecular complexity index is 1020. The lowest BCUT2D eigenvalue weighted by molar-refractivity contribution is -0.209. The van der Waals surface area contributed by atoms with Crippen molar-refractivity contribution in [2.75, 3.05) is 32.9 Å². The van der Waals surface area contributed by atoms with Crippen LogP contribution in [0, 0.1) is 11.3 Å². The minimum Gasteiger partial charge on any atom is -0.375 e. The second-order valence-corrected chi connectivity index (χ2v) is 8.66. The SMILES string of the molecule is N#C[C@H](Cc1ccc(-c2ccc3c(c2)C2(COC2)OC3)cc1)NC(=O)[C@@H]1CNCCCO1. The molecule has 2 atom stereocenters. The number of ether oxygens (including phenoxy) is 3. The average molecular weight is 434 g/mol. The molecule has 0 bridgehead atoms. The summed E-state index contributed by atoms with van der Waals surface area (Å²) in [6.45, 7) is 3.73.